The highest BCUT2D eigenvalue weighted by molar-refractivity contribution is 6.19. The molecule has 0 aliphatic heterocycles. The third kappa shape index (κ3) is 5.69. The van der Waals surface area contributed by atoms with E-state index in [0.29, 0.717) is 0 Å². The molecule has 0 unspecified atom stereocenters. The molecule has 0 spiro atoms. The fourth-order valence-electron chi connectivity index (χ4n) is 12.4. The third-order valence-corrected chi connectivity index (χ3v) is 15.4. The van der Waals surface area contributed by atoms with Crippen molar-refractivity contribution < 1.29 is 0 Å². The van der Waals surface area contributed by atoms with Crippen molar-refractivity contribution in [3.63, 3.8) is 0 Å². The number of nitrogens with zero attached hydrogens (tertiary/aromatic N) is 3. The molecule has 330 valence electrons. The van der Waals surface area contributed by atoms with Crippen LogP contribution in [-0.4, -0.2) is 14.1 Å². The minimum Gasteiger partial charge on any atom is -0.309 e. The second-order valence-corrected chi connectivity index (χ2v) is 19.0. The summed E-state index contributed by atoms with van der Waals surface area (Å²) in [4.78, 5) is 5.62. The Morgan fingerprint density at radius 2 is 0.761 bits per heavy atom. The zero-order valence-electron chi connectivity index (χ0n) is 38.7. The summed E-state index contributed by atoms with van der Waals surface area (Å²) in [7, 11) is 0. The standard InChI is InChI=1S/C68H43N3/c1-3-19-47(20-4-1)68(48-21-5-2-6-22-48)58-29-13-7-28-57(58)65-59(68)40-39-56-51-23-8-14-30-60(51)69-67(66(56)65)45-37-35-44(36-38-45)46-41-49(70-61-31-15-9-24-52(61)53-25-10-16-32-62(53)70)43-50(42-46)71-63-33-17-11-26-54(63)55-27-12-18-34-64(55)71/h1-43H. The molecule has 1 aliphatic carbocycles. The third-order valence-electron chi connectivity index (χ3n) is 15.4. The molecule has 11 aromatic carbocycles. The van der Waals surface area contributed by atoms with Crippen LogP contribution in [0.5, 0.6) is 0 Å². The van der Waals surface area contributed by atoms with Crippen molar-refractivity contribution in [1.82, 2.24) is 14.1 Å². The Morgan fingerprint density at radius 3 is 1.31 bits per heavy atom. The van der Waals surface area contributed by atoms with Gasteiger partial charge in [0.05, 0.1) is 38.7 Å². The highest BCUT2D eigenvalue weighted by Crippen LogP contribution is 2.59. The van der Waals surface area contributed by atoms with Gasteiger partial charge in [0.2, 0.25) is 0 Å². The lowest BCUT2D eigenvalue weighted by Crippen LogP contribution is -2.28. The Hall–Kier alpha value is -9.31. The van der Waals surface area contributed by atoms with Gasteiger partial charge < -0.3 is 9.13 Å². The van der Waals surface area contributed by atoms with E-state index in [1.807, 2.05) is 0 Å². The van der Waals surface area contributed by atoms with Crippen LogP contribution < -0.4 is 0 Å². The summed E-state index contributed by atoms with van der Waals surface area (Å²) in [5.74, 6) is 0. The quantitative estimate of drug-likeness (QED) is 0.152. The molecule has 0 fully saturated rings. The van der Waals surface area contributed by atoms with Crippen LogP contribution in [0.15, 0.2) is 261 Å². The van der Waals surface area contributed by atoms with Gasteiger partial charge >= 0.3 is 0 Å². The highest BCUT2D eigenvalue weighted by atomic mass is 15.0. The summed E-state index contributed by atoms with van der Waals surface area (Å²) in [5.41, 5.74) is 19.3. The first-order valence-electron chi connectivity index (χ1n) is 24.5. The molecule has 0 amide bonds. The van der Waals surface area contributed by atoms with E-state index in [2.05, 4.69) is 270 Å². The molecule has 14 aromatic rings. The SMILES string of the molecule is c1ccc(C2(c3ccccc3)c3ccccc3-c3c2ccc2c3c(-c3ccc(-c4cc(-n5c6ccccc6c6ccccc65)cc(-n5c6ccccc6c6ccccc65)c4)cc3)nc3ccccc32)cc1. The molecule has 0 saturated carbocycles. The first-order chi connectivity index (χ1) is 35.2. The average molecular weight is 902 g/mol. The molecule has 3 heteroatoms. The fraction of sp³-hybridized carbons (Fsp3) is 0.0147. The summed E-state index contributed by atoms with van der Waals surface area (Å²) in [6.07, 6.45) is 0. The van der Waals surface area contributed by atoms with Gasteiger partial charge in [-0.1, -0.05) is 212 Å². The smallest absolute Gasteiger partial charge is 0.0794 e. The summed E-state index contributed by atoms with van der Waals surface area (Å²) in [6, 6.07) is 96.0. The lowest BCUT2D eigenvalue weighted by atomic mass is 9.67. The lowest BCUT2D eigenvalue weighted by Gasteiger charge is -2.34. The van der Waals surface area contributed by atoms with Gasteiger partial charge in [0, 0.05) is 49.3 Å². The van der Waals surface area contributed by atoms with E-state index in [4.69, 9.17) is 4.98 Å². The van der Waals surface area contributed by atoms with Crippen molar-refractivity contribution in [3.8, 4) is 44.9 Å². The Kier molecular flexibility index (Phi) is 8.57. The van der Waals surface area contributed by atoms with Gasteiger partial charge in [0.15, 0.2) is 0 Å². The monoisotopic (exact) mass is 901 g/mol. The first kappa shape index (κ1) is 39.7. The fourth-order valence-corrected chi connectivity index (χ4v) is 12.4. The zero-order valence-corrected chi connectivity index (χ0v) is 38.7. The predicted molar refractivity (Wildman–Crippen MR) is 296 cm³/mol. The van der Waals surface area contributed by atoms with Crippen LogP contribution in [0.4, 0.5) is 0 Å². The van der Waals surface area contributed by atoms with E-state index in [-0.39, 0.29) is 0 Å². The van der Waals surface area contributed by atoms with Gasteiger partial charge in [-0.05, 0) is 98.4 Å². The minimum atomic E-state index is -0.523. The normalized spacial score (nSPS) is 12.9. The molecular weight excluding hydrogens is 859 g/mol. The largest absolute Gasteiger partial charge is 0.309 e. The van der Waals surface area contributed by atoms with Crippen molar-refractivity contribution in [3.05, 3.63) is 283 Å². The Morgan fingerprint density at radius 1 is 0.310 bits per heavy atom. The highest BCUT2D eigenvalue weighted by Gasteiger charge is 2.47. The number of rotatable bonds is 6. The first-order valence-corrected chi connectivity index (χ1v) is 24.5. The molecule has 0 radical (unpaired) electrons. The molecule has 15 rings (SSSR count). The molecule has 0 saturated heterocycles. The number of pyridine rings is 1. The second kappa shape index (κ2) is 15.3. The topological polar surface area (TPSA) is 22.8 Å². The van der Waals surface area contributed by atoms with Crippen molar-refractivity contribution in [2.75, 3.05) is 0 Å². The number of para-hydroxylation sites is 5. The Labute approximate surface area is 410 Å². The van der Waals surface area contributed by atoms with Gasteiger partial charge in [-0.25, -0.2) is 4.98 Å². The maximum absolute atomic E-state index is 5.62. The van der Waals surface area contributed by atoms with E-state index in [1.54, 1.807) is 0 Å². The van der Waals surface area contributed by atoms with Gasteiger partial charge in [0.25, 0.3) is 0 Å². The molecule has 1 aliphatic rings. The summed E-state index contributed by atoms with van der Waals surface area (Å²) < 4.78 is 4.88. The summed E-state index contributed by atoms with van der Waals surface area (Å²) >= 11 is 0. The number of hydrogen-bond acceptors (Lipinski definition) is 1. The molecule has 3 aromatic heterocycles. The second-order valence-electron chi connectivity index (χ2n) is 19.0. The molecule has 0 atom stereocenters. The Bertz CT molecular complexity index is 4170. The number of hydrogen-bond donors (Lipinski definition) is 0. The van der Waals surface area contributed by atoms with Crippen LogP contribution in [0.1, 0.15) is 22.3 Å². The van der Waals surface area contributed by atoms with Crippen molar-refractivity contribution in [2.24, 2.45) is 0 Å². The Balaban J connectivity index is 0.975. The van der Waals surface area contributed by atoms with Crippen LogP contribution in [0, 0.1) is 0 Å². The van der Waals surface area contributed by atoms with Gasteiger partial charge in [-0.2, -0.15) is 0 Å². The molecule has 0 N–H and O–H groups in total. The van der Waals surface area contributed by atoms with E-state index in [1.165, 1.54) is 87.8 Å². The van der Waals surface area contributed by atoms with E-state index in [0.717, 1.165) is 44.7 Å². The minimum absolute atomic E-state index is 0.523. The zero-order chi connectivity index (χ0) is 46.6. The van der Waals surface area contributed by atoms with E-state index in [9.17, 15) is 0 Å². The van der Waals surface area contributed by atoms with E-state index >= 15 is 0 Å². The lowest BCUT2D eigenvalue weighted by molar-refractivity contribution is 0.769. The number of aromatic nitrogens is 3. The molecule has 3 heterocycles. The number of benzene rings is 11. The molecule has 0 bridgehead atoms. The average Bonchev–Trinajstić information content (AvgIpc) is 4.08. The van der Waals surface area contributed by atoms with Crippen molar-refractivity contribution >= 4 is 65.3 Å². The van der Waals surface area contributed by atoms with Crippen molar-refractivity contribution in [2.45, 2.75) is 5.41 Å². The van der Waals surface area contributed by atoms with Gasteiger partial charge in [-0.3, -0.25) is 0 Å². The maximum Gasteiger partial charge on any atom is 0.0794 e. The van der Waals surface area contributed by atoms with Crippen LogP contribution in [0.25, 0.3) is 110 Å². The number of fused-ring (bicyclic) bond motifs is 13. The predicted octanol–water partition coefficient (Wildman–Crippen LogP) is 17.3. The molecular formula is C68H43N3. The summed E-state index contributed by atoms with van der Waals surface area (Å²) in [6.45, 7) is 0. The van der Waals surface area contributed by atoms with Crippen LogP contribution in [0.3, 0.4) is 0 Å². The van der Waals surface area contributed by atoms with E-state index < -0.39 is 5.41 Å². The molecule has 71 heavy (non-hydrogen) atoms. The molecule has 3 nitrogen and oxygen atoms in total. The summed E-state index contributed by atoms with van der Waals surface area (Å²) in [5, 5.41) is 8.50. The van der Waals surface area contributed by atoms with Gasteiger partial charge in [0.1, 0.15) is 0 Å². The van der Waals surface area contributed by atoms with Crippen LogP contribution in [0.2, 0.25) is 0 Å². The maximum atomic E-state index is 5.62. The van der Waals surface area contributed by atoms with Crippen LogP contribution in [-0.2, 0) is 5.41 Å². The van der Waals surface area contributed by atoms with Crippen LogP contribution >= 0.6 is 0 Å². The van der Waals surface area contributed by atoms with Crippen molar-refractivity contribution in [1.29, 1.82) is 0 Å². The van der Waals surface area contributed by atoms with Gasteiger partial charge in [-0.15, -0.1) is 0 Å².